The van der Waals surface area contributed by atoms with Crippen molar-refractivity contribution in [3.05, 3.63) is 88.9 Å². The quantitative estimate of drug-likeness (QED) is 0.478. The number of aromatic nitrogens is 1. The summed E-state index contributed by atoms with van der Waals surface area (Å²) < 4.78 is 1.04. The van der Waals surface area contributed by atoms with E-state index in [4.69, 9.17) is 4.98 Å². The maximum Gasteiger partial charge on any atom is 0.0788 e. The van der Waals surface area contributed by atoms with Gasteiger partial charge in [-0.05, 0) is 35.4 Å². The van der Waals surface area contributed by atoms with E-state index in [1.165, 1.54) is 0 Å². The largest absolute Gasteiger partial charge is 0.392 e. The van der Waals surface area contributed by atoms with Crippen molar-refractivity contribution >= 4 is 26.8 Å². The number of benzene rings is 3. The lowest BCUT2D eigenvalue weighted by atomic mass is 9.97. The van der Waals surface area contributed by atoms with Crippen LogP contribution in [0.3, 0.4) is 0 Å². The number of aliphatic hydroxyl groups is 1. The summed E-state index contributed by atoms with van der Waals surface area (Å²) in [7, 11) is 0. The van der Waals surface area contributed by atoms with Gasteiger partial charge in [-0.25, -0.2) is 4.98 Å². The van der Waals surface area contributed by atoms with Gasteiger partial charge in [-0.2, -0.15) is 0 Å². The molecule has 0 radical (unpaired) electrons. The van der Waals surface area contributed by atoms with Gasteiger partial charge in [0.05, 0.1) is 17.8 Å². The molecule has 0 aliphatic carbocycles. The van der Waals surface area contributed by atoms with Gasteiger partial charge in [-0.3, -0.25) is 0 Å². The van der Waals surface area contributed by atoms with Crippen molar-refractivity contribution in [2.75, 3.05) is 0 Å². The fourth-order valence-corrected chi connectivity index (χ4v) is 3.35. The number of hydrogen-bond acceptors (Lipinski definition) is 2. The molecule has 2 nitrogen and oxygen atoms in total. The fourth-order valence-electron chi connectivity index (χ4n) is 2.97. The SMILES string of the molecule is OCc1ccc(-c2nc3ccc(Br)cc3cc2-c2ccccc2)cc1. The van der Waals surface area contributed by atoms with E-state index in [0.29, 0.717) is 0 Å². The molecule has 0 amide bonds. The van der Waals surface area contributed by atoms with Crippen LogP contribution >= 0.6 is 15.9 Å². The van der Waals surface area contributed by atoms with Gasteiger partial charge < -0.3 is 5.11 Å². The van der Waals surface area contributed by atoms with E-state index in [0.717, 1.165) is 43.3 Å². The monoisotopic (exact) mass is 389 g/mol. The molecule has 4 rings (SSSR count). The summed E-state index contributed by atoms with van der Waals surface area (Å²) in [5.41, 5.74) is 6.09. The second-order valence-electron chi connectivity index (χ2n) is 5.94. The normalized spacial score (nSPS) is 11.0. The topological polar surface area (TPSA) is 33.1 Å². The van der Waals surface area contributed by atoms with Crippen LogP contribution in [0.5, 0.6) is 0 Å². The summed E-state index contributed by atoms with van der Waals surface area (Å²) in [6.45, 7) is 0.0466. The number of hydrogen-bond donors (Lipinski definition) is 1. The predicted molar refractivity (Wildman–Crippen MR) is 106 cm³/mol. The van der Waals surface area contributed by atoms with Gasteiger partial charge >= 0.3 is 0 Å². The number of halogens is 1. The lowest BCUT2D eigenvalue weighted by molar-refractivity contribution is 0.282. The minimum absolute atomic E-state index is 0.0466. The first-order valence-electron chi connectivity index (χ1n) is 8.10. The lowest BCUT2D eigenvalue weighted by Gasteiger charge is -2.12. The Balaban J connectivity index is 1.98. The molecule has 0 saturated heterocycles. The third-order valence-electron chi connectivity index (χ3n) is 4.27. The molecule has 1 aromatic heterocycles. The van der Waals surface area contributed by atoms with E-state index in [1.54, 1.807) is 0 Å². The van der Waals surface area contributed by atoms with E-state index in [9.17, 15) is 5.11 Å². The van der Waals surface area contributed by atoms with E-state index >= 15 is 0 Å². The summed E-state index contributed by atoms with van der Waals surface area (Å²) >= 11 is 3.54. The minimum Gasteiger partial charge on any atom is -0.392 e. The highest BCUT2D eigenvalue weighted by Crippen LogP contribution is 2.34. The molecular formula is C22H16BrNO. The number of aliphatic hydroxyl groups excluding tert-OH is 1. The Morgan fingerprint density at radius 3 is 2.28 bits per heavy atom. The van der Waals surface area contributed by atoms with Crippen molar-refractivity contribution in [2.45, 2.75) is 6.61 Å². The van der Waals surface area contributed by atoms with Gasteiger partial charge in [0, 0.05) is 21.0 Å². The van der Waals surface area contributed by atoms with Crippen LogP contribution < -0.4 is 0 Å². The van der Waals surface area contributed by atoms with Crippen LogP contribution in [0.15, 0.2) is 83.3 Å². The zero-order chi connectivity index (χ0) is 17.2. The van der Waals surface area contributed by atoms with Crippen molar-refractivity contribution in [3.8, 4) is 22.4 Å². The molecule has 0 saturated carbocycles. The van der Waals surface area contributed by atoms with Crippen LogP contribution in [0, 0.1) is 0 Å². The number of nitrogens with zero attached hydrogens (tertiary/aromatic N) is 1. The third kappa shape index (κ3) is 3.21. The average molecular weight is 390 g/mol. The molecule has 0 aliphatic rings. The molecule has 0 atom stereocenters. The summed E-state index contributed by atoms with van der Waals surface area (Å²) in [5.74, 6) is 0. The Labute approximate surface area is 154 Å². The molecule has 0 spiro atoms. The highest BCUT2D eigenvalue weighted by atomic mass is 79.9. The van der Waals surface area contributed by atoms with Crippen LogP contribution in [0.1, 0.15) is 5.56 Å². The highest BCUT2D eigenvalue weighted by Gasteiger charge is 2.11. The second kappa shape index (κ2) is 6.79. The zero-order valence-electron chi connectivity index (χ0n) is 13.5. The average Bonchev–Trinajstić information content (AvgIpc) is 2.68. The predicted octanol–water partition coefficient (Wildman–Crippen LogP) is 5.82. The highest BCUT2D eigenvalue weighted by molar-refractivity contribution is 9.10. The van der Waals surface area contributed by atoms with Crippen LogP contribution in [-0.2, 0) is 6.61 Å². The molecule has 122 valence electrons. The maximum absolute atomic E-state index is 9.28. The number of rotatable bonds is 3. The van der Waals surface area contributed by atoms with Crippen LogP contribution in [0.4, 0.5) is 0 Å². The Kier molecular flexibility index (Phi) is 4.35. The number of pyridine rings is 1. The second-order valence-corrected chi connectivity index (χ2v) is 6.86. The van der Waals surface area contributed by atoms with E-state index in [2.05, 4.69) is 40.2 Å². The molecule has 0 aliphatic heterocycles. The van der Waals surface area contributed by atoms with Crippen molar-refractivity contribution in [3.63, 3.8) is 0 Å². The van der Waals surface area contributed by atoms with Crippen molar-refractivity contribution in [2.24, 2.45) is 0 Å². The molecule has 0 unspecified atom stereocenters. The van der Waals surface area contributed by atoms with Gasteiger partial charge in [0.2, 0.25) is 0 Å². The first-order chi connectivity index (χ1) is 12.2. The van der Waals surface area contributed by atoms with Crippen molar-refractivity contribution in [1.82, 2.24) is 4.98 Å². The van der Waals surface area contributed by atoms with Crippen molar-refractivity contribution < 1.29 is 5.11 Å². The van der Waals surface area contributed by atoms with E-state index in [1.807, 2.05) is 54.6 Å². The molecule has 3 heteroatoms. The van der Waals surface area contributed by atoms with Crippen LogP contribution in [0.25, 0.3) is 33.3 Å². The third-order valence-corrected chi connectivity index (χ3v) is 4.76. The first-order valence-corrected chi connectivity index (χ1v) is 8.90. The molecule has 4 aromatic rings. The van der Waals surface area contributed by atoms with Crippen LogP contribution in [0.2, 0.25) is 0 Å². The fraction of sp³-hybridized carbons (Fsp3) is 0.0455. The lowest BCUT2D eigenvalue weighted by Crippen LogP contribution is -1.92. The standard InChI is InChI=1S/C22H16BrNO/c23-19-10-11-21-18(12-19)13-20(16-4-2-1-3-5-16)22(24-21)17-8-6-15(14-25)7-9-17/h1-13,25H,14H2. The maximum atomic E-state index is 9.28. The van der Waals surface area contributed by atoms with Gasteiger partial charge in [-0.1, -0.05) is 70.5 Å². The summed E-state index contributed by atoms with van der Waals surface area (Å²) in [6.07, 6.45) is 0. The molecule has 0 bridgehead atoms. The molecule has 1 N–H and O–H groups in total. The summed E-state index contributed by atoms with van der Waals surface area (Å²) in [6, 6.07) is 26.5. The Morgan fingerprint density at radius 1 is 0.800 bits per heavy atom. The first kappa shape index (κ1) is 16.0. The Bertz CT molecular complexity index is 1030. The minimum atomic E-state index is 0.0466. The summed E-state index contributed by atoms with van der Waals surface area (Å²) in [5, 5.41) is 10.4. The molecule has 0 fully saturated rings. The molecule has 25 heavy (non-hydrogen) atoms. The van der Waals surface area contributed by atoms with E-state index in [-0.39, 0.29) is 6.61 Å². The van der Waals surface area contributed by atoms with Crippen molar-refractivity contribution in [1.29, 1.82) is 0 Å². The van der Waals surface area contributed by atoms with Gasteiger partial charge in [-0.15, -0.1) is 0 Å². The smallest absolute Gasteiger partial charge is 0.0788 e. The molecule has 3 aromatic carbocycles. The van der Waals surface area contributed by atoms with Crippen LogP contribution in [-0.4, -0.2) is 10.1 Å². The molecule has 1 heterocycles. The van der Waals surface area contributed by atoms with E-state index < -0.39 is 0 Å². The summed E-state index contributed by atoms with van der Waals surface area (Å²) in [4.78, 5) is 4.94. The molecular weight excluding hydrogens is 374 g/mol. The number of fused-ring (bicyclic) bond motifs is 1. The van der Waals surface area contributed by atoms with Gasteiger partial charge in [0.15, 0.2) is 0 Å². The Morgan fingerprint density at radius 2 is 1.56 bits per heavy atom. The Hall–Kier alpha value is -2.49. The zero-order valence-corrected chi connectivity index (χ0v) is 15.1. The van der Waals surface area contributed by atoms with Gasteiger partial charge in [0.25, 0.3) is 0 Å². The van der Waals surface area contributed by atoms with Gasteiger partial charge in [0.1, 0.15) is 0 Å².